The van der Waals surface area contributed by atoms with Gasteiger partial charge in [0, 0.05) is 38.6 Å². The van der Waals surface area contributed by atoms with Gasteiger partial charge >= 0.3 is 0 Å². The van der Waals surface area contributed by atoms with E-state index in [-0.39, 0.29) is 0 Å². The fourth-order valence-electron chi connectivity index (χ4n) is 1.68. The van der Waals surface area contributed by atoms with Gasteiger partial charge in [-0.3, -0.25) is 4.98 Å². The minimum atomic E-state index is 0.774. The van der Waals surface area contributed by atoms with E-state index in [2.05, 4.69) is 31.2 Å². The predicted octanol–water partition coefficient (Wildman–Crippen LogP) is 1.94. The molecule has 2 aromatic heterocycles. The molecular weight excluding hydrogens is 226 g/mol. The number of aromatic nitrogens is 3. The summed E-state index contributed by atoms with van der Waals surface area (Å²) >= 11 is 0. The van der Waals surface area contributed by atoms with Crippen LogP contribution in [-0.2, 0) is 6.54 Å². The lowest BCUT2D eigenvalue weighted by molar-refractivity contribution is 0.885. The molecule has 2 aromatic rings. The Hall–Kier alpha value is -2.17. The third-order valence-electron chi connectivity index (χ3n) is 2.54. The van der Waals surface area contributed by atoms with E-state index in [0.717, 1.165) is 30.3 Å². The van der Waals surface area contributed by atoms with Gasteiger partial charge in [0.1, 0.15) is 18.0 Å². The lowest BCUT2D eigenvalue weighted by atomic mass is 10.3. The first-order chi connectivity index (χ1) is 8.79. The Morgan fingerprint density at radius 1 is 1.33 bits per heavy atom. The third kappa shape index (κ3) is 3.16. The smallest absolute Gasteiger partial charge is 0.134 e. The second-order valence-electron chi connectivity index (χ2n) is 4.01. The molecule has 0 fully saturated rings. The van der Waals surface area contributed by atoms with E-state index in [1.807, 2.05) is 32.3 Å². The van der Waals surface area contributed by atoms with Crippen molar-refractivity contribution in [2.24, 2.45) is 0 Å². The van der Waals surface area contributed by atoms with Crippen LogP contribution in [0, 0.1) is 0 Å². The van der Waals surface area contributed by atoms with Crippen LogP contribution in [0.4, 0.5) is 11.6 Å². The Morgan fingerprint density at radius 2 is 2.22 bits per heavy atom. The van der Waals surface area contributed by atoms with Gasteiger partial charge < -0.3 is 10.2 Å². The molecule has 2 rings (SSSR count). The second kappa shape index (κ2) is 5.95. The normalized spacial score (nSPS) is 10.1. The summed E-state index contributed by atoms with van der Waals surface area (Å²) in [5.41, 5.74) is 1.16. The molecule has 94 valence electrons. The number of nitrogens with one attached hydrogen (secondary N) is 1. The van der Waals surface area contributed by atoms with Crippen LogP contribution in [0.25, 0.3) is 0 Å². The third-order valence-corrected chi connectivity index (χ3v) is 2.54. The first kappa shape index (κ1) is 12.3. The molecule has 0 bridgehead atoms. The second-order valence-corrected chi connectivity index (χ2v) is 4.01. The van der Waals surface area contributed by atoms with Gasteiger partial charge in [-0.15, -0.1) is 0 Å². The molecule has 18 heavy (non-hydrogen) atoms. The Balaban J connectivity index is 2.08. The van der Waals surface area contributed by atoms with Gasteiger partial charge in [-0.25, -0.2) is 9.97 Å². The summed E-state index contributed by atoms with van der Waals surface area (Å²) in [7, 11) is 2.01. The molecule has 0 saturated heterocycles. The molecule has 5 heteroatoms. The average molecular weight is 243 g/mol. The van der Waals surface area contributed by atoms with Crippen molar-refractivity contribution in [2.45, 2.75) is 13.5 Å². The van der Waals surface area contributed by atoms with E-state index < -0.39 is 0 Å². The highest BCUT2D eigenvalue weighted by Crippen LogP contribution is 2.14. The number of hydrogen-bond donors (Lipinski definition) is 1. The topological polar surface area (TPSA) is 53.9 Å². The fourth-order valence-corrected chi connectivity index (χ4v) is 1.68. The number of nitrogens with zero attached hydrogens (tertiary/aromatic N) is 4. The quantitative estimate of drug-likeness (QED) is 0.869. The molecular formula is C13H17N5. The largest absolute Gasteiger partial charge is 0.370 e. The first-order valence-corrected chi connectivity index (χ1v) is 5.95. The maximum atomic E-state index is 4.27. The minimum Gasteiger partial charge on any atom is -0.370 e. The molecule has 0 spiro atoms. The van der Waals surface area contributed by atoms with Crippen LogP contribution in [0.2, 0.25) is 0 Å². The highest BCUT2D eigenvalue weighted by molar-refractivity contribution is 5.48. The van der Waals surface area contributed by atoms with Gasteiger partial charge in [0.25, 0.3) is 0 Å². The molecule has 0 unspecified atom stereocenters. The van der Waals surface area contributed by atoms with E-state index in [0.29, 0.717) is 0 Å². The van der Waals surface area contributed by atoms with Crippen LogP contribution in [0.3, 0.4) is 0 Å². The highest BCUT2D eigenvalue weighted by atomic mass is 15.2. The van der Waals surface area contributed by atoms with Crippen LogP contribution >= 0.6 is 0 Å². The standard InChI is InChI=1S/C13H17N5/c1-3-15-12-7-13(17-10-16-12)18(2)9-11-5-4-6-14-8-11/h4-8,10H,3,9H2,1-2H3,(H,15,16,17). The van der Waals surface area contributed by atoms with Crippen molar-refractivity contribution in [3.63, 3.8) is 0 Å². The number of pyridine rings is 1. The fraction of sp³-hybridized carbons (Fsp3) is 0.308. The predicted molar refractivity (Wildman–Crippen MR) is 72.5 cm³/mol. The molecule has 0 saturated carbocycles. The molecule has 5 nitrogen and oxygen atoms in total. The molecule has 1 N–H and O–H groups in total. The van der Waals surface area contributed by atoms with Crippen molar-refractivity contribution in [3.8, 4) is 0 Å². The highest BCUT2D eigenvalue weighted by Gasteiger charge is 2.05. The van der Waals surface area contributed by atoms with Crippen molar-refractivity contribution < 1.29 is 0 Å². The molecule has 0 aliphatic rings. The van der Waals surface area contributed by atoms with Crippen LogP contribution in [0.15, 0.2) is 36.9 Å². The Kier molecular flexibility index (Phi) is 4.06. The van der Waals surface area contributed by atoms with E-state index >= 15 is 0 Å². The molecule has 0 aromatic carbocycles. The Labute approximate surface area is 107 Å². The molecule has 0 amide bonds. The van der Waals surface area contributed by atoms with Crippen molar-refractivity contribution in [2.75, 3.05) is 23.8 Å². The zero-order valence-electron chi connectivity index (χ0n) is 10.7. The Morgan fingerprint density at radius 3 is 2.94 bits per heavy atom. The van der Waals surface area contributed by atoms with Gasteiger partial charge in [0.15, 0.2) is 0 Å². The van der Waals surface area contributed by atoms with Gasteiger partial charge in [-0.2, -0.15) is 0 Å². The van der Waals surface area contributed by atoms with Crippen molar-refractivity contribution in [1.82, 2.24) is 15.0 Å². The number of anilines is 2. The van der Waals surface area contributed by atoms with Crippen LogP contribution in [0.5, 0.6) is 0 Å². The lowest BCUT2D eigenvalue weighted by Gasteiger charge is -2.18. The zero-order chi connectivity index (χ0) is 12.8. The van der Waals surface area contributed by atoms with E-state index in [4.69, 9.17) is 0 Å². The zero-order valence-corrected chi connectivity index (χ0v) is 10.7. The summed E-state index contributed by atoms with van der Waals surface area (Å²) in [5, 5.41) is 3.18. The van der Waals surface area contributed by atoms with Crippen molar-refractivity contribution >= 4 is 11.6 Å². The van der Waals surface area contributed by atoms with Crippen LogP contribution in [-0.4, -0.2) is 28.5 Å². The summed E-state index contributed by atoms with van der Waals surface area (Å²) in [6, 6.07) is 5.93. The average Bonchev–Trinajstić information content (AvgIpc) is 2.40. The molecule has 0 radical (unpaired) electrons. The van der Waals surface area contributed by atoms with Gasteiger partial charge in [-0.1, -0.05) is 6.07 Å². The SMILES string of the molecule is CCNc1cc(N(C)Cc2cccnc2)ncn1. The summed E-state index contributed by atoms with van der Waals surface area (Å²) in [6.07, 6.45) is 5.22. The van der Waals surface area contributed by atoms with Crippen LogP contribution in [0.1, 0.15) is 12.5 Å². The first-order valence-electron chi connectivity index (χ1n) is 5.95. The summed E-state index contributed by atoms with van der Waals surface area (Å²) < 4.78 is 0. The van der Waals surface area contributed by atoms with E-state index in [9.17, 15) is 0 Å². The van der Waals surface area contributed by atoms with Crippen molar-refractivity contribution in [3.05, 3.63) is 42.5 Å². The van der Waals surface area contributed by atoms with E-state index in [1.54, 1.807) is 12.5 Å². The number of hydrogen-bond acceptors (Lipinski definition) is 5. The monoisotopic (exact) mass is 243 g/mol. The van der Waals surface area contributed by atoms with Gasteiger partial charge in [0.2, 0.25) is 0 Å². The summed E-state index contributed by atoms with van der Waals surface area (Å²) in [4.78, 5) is 14.6. The number of rotatable bonds is 5. The maximum absolute atomic E-state index is 4.27. The van der Waals surface area contributed by atoms with Gasteiger partial charge in [0.05, 0.1) is 0 Å². The van der Waals surface area contributed by atoms with Crippen LogP contribution < -0.4 is 10.2 Å². The Bertz CT molecular complexity index is 486. The minimum absolute atomic E-state index is 0.774. The maximum Gasteiger partial charge on any atom is 0.134 e. The molecule has 2 heterocycles. The van der Waals surface area contributed by atoms with Gasteiger partial charge in [-0.05, 0) is 18.6 Å². The molecule has 0 aliphatic heterocycles. The lowest BCUT2D eigenvalue weighted by Crippen LogP contribution is -2.18. The summed E-state index contributed by atoms with van der Waals surface area (Å²) in [5.74, 6) is 1.74. The summed E-state index contributed by atoms with van der Waals surface area (Å²) in [6.45, 7) is 3.67. The molecule has 0 aliphatic carbocycles. The van der Waals surface area contributed by atoms with E-state index in [1.165, 1.54) is 0 Å². The molecule has 0 atom stereocenters. The van der Waals surface area contributed by atoms with Crippen molar-refractivity contribution in [1.29, 1.82) is 0 Å².